The van der Waals surface area contributed by atoms with Crippen molar-refractivity contribution in [3.05, 3.63) is 31.5 Å². The highest BCUT2D eigenvalue weighted by molar-refractivity contribution is 4.93. The van der Waals surface area contributed by atoms with Crippen LogP contribution < -0.4 is 17.1 Å². The van der Waals surface area contributed by atoms with E-state index < -0.39 is 17.1 Å². The highest BCUT2D eigenvalue weighted by atomic mass is 16.6. The summed E-state index contributed by atoms with van der Waals surface area (Å²) >= 11 is 0. The Morgan fingerprint density at radius 3 is 1.62 bits per heavy atom. The van der Waals surface area contributed by atoms with Gasteiger partial charge in [0.2, 0.25) is 0 Å². The zero-order valence-electron chi connectivity index (χ0n) is 24.7. The van der Waals surface area contributed by atoms with Gasteiger partial charge < -0.3 is 14.6 Å². The predicted octanol–water partition coefficient (Wildman–Crippen LogP) is 3.83. The van der Waals surface area contributed by atoms with Gasteiger partial charge in [0.15, 0.2) is 0 Å². The molecule has 4 fully saturated rings. The molecule has 1 N–H and O–H groups in total. The number of hydrogen-bond acceptors (Lipinski definition) is 6. The van der Waals surface area contributed by atoms with Crippen LogP contribution in [0.15, 0.2) is 14.4 Å². The van der Waals surface area contributed by atoms with Crippen LogP contribution in [0.1, 0.15) is 110 Å². The fourth-order valence-corrected chi connectivity index (χ4v) is 7.64. The van der Waals surface area contributed by atoms with Crippen LogP contribution in [0.4, 0.5) is 0 Å². The van der Waals surface area contributed by atoms with Crippen LogP contribution in [-0.4, -0.2) is 49.3 Å². The van der Waals surface area contributed by atoms with Crippen LogP contribution in [0.5, 0.6) is 0 Å². The van der Waals surface area contributed by atoms with E-state index in [1.807, 2.05) is 6.92 Å². The summed E-state index contributed by atoms with van der Waals surface area (Å²) in [5.74, 6) is 1.54. The third kappa shape index (κ3) is 7.57. The van der Waals surface area contributed by atoms with Crippen molar-refractivity contribution in [3.63, 3.8) is 0 Å². The van der Waals surface area contributed by atoms with Crippen molar-refractivity contribution in [2.75, 3.05) is 0 Å². The quantitative estimate of drug-likeness (QED) is 0.307. The van der Waals surface area contributed by atoms with Crippen molar-refractivity contribution in [2.45, 2.75) is 160 Å². The number of aliphatic hydroxyl groups is 1. The number of fused-ring (bicyclic) bond motifs is 2. The van der Waals surface area contributed by atoms with Crippen LogP contribution in [0.25, 0.3) is 0 Å². The summed E-state index contributed by atoms with van der Waals surface area (Å²) in [5.41, 5.74) is -1.38. The Bertz CT molecular complexity index is 1080. The lowest BCUT2D eigenvalue weighted by Gasteiger charge is -2.20. The van der Waals surface area contributed by atoms with Crippen molar-refractivity contribution in [1.82, 2.24) is 13.7 Å². The van der Waals surface area contributed by atoms with Crippen molar-refractivity contribution in [3.8, 4) is 0 Å². The molecule has 226 valence electrons. The third-order valence-corrected chi connectivity index (χ3v) is 9.96. The molecule has 1 aromatic rings. The summed E-state index contributed by atoms with van der Waals surface area (Å²) in [6.45, 7) is 4.97. The third-order valence-electron chi connectivity index (χ3n) is 9.96. The molecule has 4 aliphatic rings. The Morgan fingerprint density at radius 2 is 1.20 bits per heavy atom. The Labute approximate surface area is 237 Å². The lowest BCUT2D eigenvalue weighted by Crippen LogP contribution is -2.54. The molecule has 2 saturated carbocycles. The van der Waals surface area contributed by atoms with Gasteiger partial charge in [-0.3, -0.25) is 0 Å². The van der Waals surface area contributed by atoms with Gasteiger partial charge >= 0.3 is 17.1 Å². The van der Waals surface area contributed by atoms with E-state index in [9.17, 15) is 19.5 Å². The molecule has 40 heavy (non-hydrogen) atoms. The fourth-order valence-electron chi connectivity index (χ4n) is 7.64. The van der Waals surface area contributed by atoms with Gasteiger partial charge in [-0.15, -0.1) is 0 Å². The largest absolute Gasteiger partial charge is 0.393 e. The lowest BCUT2D eigenvalue weighted by atomic mass is 9.86. The molecule has 2 saturated heterocycles. The van der Waals surface area contributed by atoms with Crippen molar-refractivity contribution < 1.29 is 14.6 Å². The molecule has 0 spiro atoms. The van der Waals surface area contributed by atoms with E-state index in [0.717, 1.165) is 89.9 Å². The number of rotatable bonds is 16. The maximum atomic E-state index is 13.5. The van der Waals surface area contributed by atoms with E-state index in [1.54, 1.807) is 0 Å². The molecule has 0 aromatic carbocycles. The molecule has 0 bridgehead atoms. The number of aliphatic hydroxyl groups excluding tert-OH is 1. The van der Waals surface area contributed by atoms with Crippen molar-refractivity contribution in [1.29, 1.82) is 0 Å². The Kier molecular flexibility index (Phi) is 10.1. The van der Waals surface area contributed by atoms with Gasteiger partial charge in [0, 0.05) is 19.6 Å². The number of hydrogen-bond donors (Lipinski definition) is 1. The van der Waals surface area contributed by atoms with Crippen LogP contribution >= 0.6 is 0 Å². The normalized spacial score (nSPS) is 30.4. The average Bonchev–Trinajstić information content (AvgIpc) is 3.84. The van der Waals surface area contributed by atoms with Gasteiger partial charge in [-0.05, 0) is 108 Å². The zero-order valence-corrected chi connectivity index (χ0v) is 24.7. The molecule has 1 aromatic heterocycles. The highest BCUT2D eigenvalue weighted by Crippen LogP contribution is 2.41. The predicted molar refractivity (Wildman–Crippen MR) is 154 cm³/mol. The van der Waals surface area contributed by atoms with Gasteiger partial charge in [0.05, 0.1) is 30.5 Å². The van der Waals surface area contributed by atoms with Gasteiger partial charge in [0.25, 0.3) is 0 Å². The molecule has 0 radical (unpaired) electrons. The SMILES string of the molecule is CCCC(CCCn1c(=O)n(CCCC2CCC3OC3C2)c(=O)n(CCCC2CCC3OC3C2)c1=O)C[C@@H](C)O. The second kappa shape index (κ2) is 13.5. The molecule has 2 aliphatic carbocycles. The molecule has 8 atom stereocenters. The molecular weight excluding hydrogens is 510 g/mol. The summed E-state index contributed by atoms with van der Waals surface area (Å²) in [5, 5.41) is 9.88. The van der Waals surface area contributed by atoms with Gasteiger partial charge in [-0.2, -0.15) is 0 Å². The number of ether oxygens (including phenoxy) is 2. The first-order valence-electron chi connectivity index (χ1n) is 16.3. The van der Waals surface area contributed by atoms with Crippen LogP contribution in [0.2, 0.25) is 0 Å². The molecule has 5 rings (SSSR count). The first-order chi connectivity index (χ1) is 19.3. The zero-order chi connectivity index (χ0) is 28.2. The van der Waals surface area contributed by atoms with E-state index in [4.69, 9.17) is 9.47 Å². The standard InChI is InChI=1S/C31H51N3O6/c1-3-7-22(18-21(2)35)8-4-15-32-29(36)33(16-5-9-23-11-13-25-27(19-23)39-25)31(38)34(30(32)37)17-6-10-24-12-14-26-28(20-24)40-26/h21-28,35H,3-20H2,1-2H3/t21-,22?,23?,24?,25?,26?,27?,28?/m1/s1. The Morgan fingerprint density at radius 1 is 0.725 bits per heavy atom. The summed E-state index contributed by atoms with van der Waals surface area (Å²) < 4.78 is 15.3. The fraction of sp³-hybridized carbons (Fsp3) is 0.903. The maximum Gasteiger partial charge on any atom is 0.336 e. The lowest BCUT2D eigenvalue weighted by molar-refractivity contribution is 0.152. The Balaban J connectivity index is 1.26. The summed E-state index contributed by atoms with van der Waals surface area (Å²) in [7, 11) is 0. The van der Waals surface area contributed by atoms with Gasteiger partial charge in [-0.1, -0.05) is 19.8 Å². The molecule has 7 unspecified atom stereocenters. The highest BCUT2D eigenvalue weighted by Gasteiger charge is 2.44. The van der Waals surface area contributed by atoms with Crippen LogP contribution in [-0.2, 0) is 29.1 Å². The maximum absolute atomic E-state index is 13.5. The summed E-state index contributed by atoms with van der Waals surface area (Å²) in [6.07, 6.45) is 15.9. The first kappa shape index (κ1) is 29.8. The second-order valence-electron chi connectivity index (χ2n) is 13.3. The average molecular weight is 562 g/mol. The number of nitrogens with zero attached hydrogens (tertiary/aromatic N) is 3. The summed E-state index contributed by atoms with van der Waals surface area (Å²) in [4.78, 5) is 40.4. The minimum Gasteiger partial charge on any atom is -0.393 e. The second-order valence-corrected chi connectivity index (χ2v) is 13.3. The molecule has 0 amide bonds. The van der Waals surface area contributed by atoms with Crippen LogP contribution in [0, 0.1) is 17.8 Å². The monoisotopic (exact) mass is 561 g/mol. The van der Waals surface area contributed by atoms with E-state index in [1.165, 1.54) is 13.7 Å². The summed E-state index contributed by atoms with van der Waals surface area (Å²) in [6, 6.07) is 0. The van der Waals surface area contributed by atoms with E-state index in [0.29, 0.717) is 68.2 Å². The molecule has 9 heteroatoms. The van der Waals surface area contributed by atoms with E-state index >= 15 is 0 Å². The van der Waals surface area contributed by atoms with Crippen molar-refractivity contribution >= 4 is 0 Å². The number of epoxide rings is 2. The van der Waals surface area contributed by atoms with Gasteiger partial charge in [-0.25, -0.2) is 28.1 Å². The topological polar surface area (TPSA) is 111 Å². The first-order valence-corrected chi connectivity index (χ1v) is 16.3. The van der Waals surface area contributed by atoms with E-state index in [2.05, 4.69) is 6.92 Å². The Hall–Kier alpha value is -1.71. The minimum absolute atomic E-state index is 0.310. The van der Waals surface area contributed by atoms with E-state index in [-0.39, 0.29) is 6.10 Å². The molecule has 2 aliphatic heterocycles. The smallest absolute Gasteiger partial charge is 0.336 e. The number of aromatic nitrogens is 3. The van der Waals surface area contributed by atoms with Gasteiger partial charge in [0.1, 0.15) is 0 Å². The molecule has 9 nitrogen and oxygen atoms in total. The molecular formula is C31H51N3O6. The molecule has 3 heterocycles. The van der Waals surface area contributed by atoms with Crippen molar-refractivity contribution in [2.24, 2.45) is 17.8 Å². The minimum atomic E-state index is -0.466. The van der Waals surface area contributed by atoms with Crippen LogP contribution in [0.3, 0.4) is 0 Å².